The number of carbonyl (C=O) groups excluding carboxylic acids is 2. The second kappa shape index (κ2) is 8.28. The van der Waals surface area contributed by atoms with Crippen molar-refractivity contribution in [2.24, 2.45) is 0 Å². The lowest BCUT2D eigenvalue weighted by Crippen LogP contribution is -2.12. The summed E-state index contributed by atoms with van der Waals surface area (Å²) in [5, 5.41) is 0. The summed E-state index contributed by atoms with van der Waals surface area (Å²) in [6, 6.07) is 9.99. The molecule has 0 amide bonds. The maximum absolute atomic E-state index is 11.3. The van der Waals surface area contributed by atoms with Crippen LogP contribution in [0, 0.1) is 0 Å². The molecule has 98 valence electrons. The smallest absolute Gasteiger partial charge is 0.305 e. The number of hydrogen-bond donors (Lipinski definition) is 0. The van der Waals surface area contributed by atoms with Gasteiger partial charge in [-0.1, -0.05) is 30.3 Å². The average Bonchev–Trinajstić information content (AvgIpc) is 2.36. The second-order valence-electron chi connectivity index (χ2n) is 3.90. The molecule has 0 aromatic heterocycles. The maximum atomic E-state index is 11.3. The van der Waals surface area contributed by atoms with E-state index in [1.165, 1.54) is 12.5 Å². The summed E-state index contributed by atoms with van der Waals surface area (Å²) in [7, 11) is 0. The third kappa shape index (κ3) is 6.68. The summed E-state index contributed by atoms with van der Waals surface area (Å²) in [6.45, 7) is 1.57. The topological polar surface area (TPSA) is 52.6 Å². The zero-order valence-electron chi connectivity index (χ0n) is 10.6. The molecule has 4 nitrogen and oxygen atoms in total. The molecule has 0 unspecified atom stereocenters. The molecule has 0 fully saturated rings. The first kappa shape index (κ1) is 14.2. The van der Waals surface area contributed by atoms with Gasteiger partial charge >= 0.3 is 11.9 Å². The summed E-state index contributed by atoms with van der Waals surface area (Å²) >= 11 is 0. The molecule has 1 rings (SSSR count). The van der Waals surface area contributed by atoms with Crippen LogP contribution in [0.3, 0.4) is 0 Å². The van der Waals surface area contributed by atoms with Gasteiger partial charge in [0.15, 0.2) is 0 Å². The Bertz CT molecular complexity index is 373. The Balaban J connectivity index is 2.05. The molecule has 4 heteroatoms. The van der Waals surface area contributed by atoms with E-state index in [9.17, 15) is 9.59 Å². The van der Waals surface area contributed by atoms with Gasteiger partial charge in [-0.2, -0.15) is 0 Å². The first-order chi connectivity index (χ1) is 8.68. The molecule has 0 atom stereocenters. The van der Waals surface area contributed by atoms with Crippen molar-refractivity contribution in [3.05, 3.63) is 35.9 Å². The third-order valence-corrected chi connectivity index (χ3v) is 2.34. The first-order valence-corrected chi connectivity index (χ1v) is 6.01. The molecular formula is C14H18O4. The monoisotopic (exact) mass is 250 g/mol. The SMILES string of the molecule is CC(=O)OCCOC(=O)CCCc1ccccc1. The fourth-order valence-corrected chi connectivity index (χ4v) is 1.49. The quantitative estimate of drug-likeness (QED) is 0.549. The van der Waals surface area contributed by atoms with Crippen LogP contribution >= 0.6 is 0 Å². The van der Waals surface area contributed by atoms with Crippen LogP contribution in [0.4, 0.5) is 0 Å². The van der Waals surface area contributed by atoms with Crippen LogP contribution in [0.15, 0.2) is 30.3 Å². The molecule has 18 heavy (non-hydrogen) atoms. The normalized spacial score (nSPS) is 9.83. The zero-order valence-corrected chi connectivity index (χ0v) is 10.6. The van der Waals surface area contributed by atoms with E-state index in [-0.39, 0.29) is 25.2 Å². The predicted octanol–water partition coefficient (Wildman–Crippen LogP) is 2.12. The lowest BCUT2D eigenvalue weighted by Gasteiger charge is -2.05. The van der Waals surface area contributed by atoms with Crippen molar-refractivity contribution in [1.29, 1.82) is 0 Å². The van der Waals surface area contributed by atoms with Gasteiger partial charge in [0.05, 0.1) is 0 Å². The van der Waals surface area contributed by atoms with Gasteiger partial charge in [0.25, 0.3) is 0 Å². The van der Waals surface area contributed by atoms with E-state index in [2.05, 4.69) is 4.74 Å². The maximum Gasteiger partial charge on any atom is 0.305 e. The summed E-state index contributed by atoms with van der Waals surface area (Å²) in [4.78, 5) is 21.8. The van der Waals surface area contributed by atoms with Gasteiger partial charge < -0.3 is 9.47 Å². The fourth-order valence-electron chi connectivity index (χ4n) is 1.49. The minimum atomic E-state index is -0.366. The van der Waals surface area contributed by atoms with E-state index in [4.69, 9.17) is 4.74 Å². The molecule has 1 aromatic rings. The van der Waals surface area contributed by atoms with Crippen LogP contribution < -0.4 is 0 Å². The Labute approximate surface area is 107 Å². The van der Waals surface area contributed by atoms with Crippen LogP contribution in [0.2, 0.25) is 0 Å². The lowest BCUT2D eigenvalue weighted by molar-refractivity contribution is -0.151. The van der Waals surface area contributed by atoms with E-state index >= 15 is 0 Å². The largest absolute Gasteiger partial charge is 0.462 e. The van der Waals surface area contributed by atoms with E-state index in [0.29, 0.717) is 6.42 Å². The molecule has 0 aliphatic rings. The van der Waals surface area contributed by atoms with E-state index in [0.717, 1.165) is 12.8 Å². The molecule has 0 radical (unpaired) electrons. The molecule has 1 aromatic carbocycles. The van der Waals surface area contributed by atoms with Crippen molar-refractivity contribution < 1.29 is 19.1 Å². The van der Waals surface area contributed by atoms with Crippen molar-refractivity contribution in [3.8, 4) is 0 Å². The predicted molar refractivity (Wildman–Crippen MR) is 67.0 cm³/mol. The summed E-state index contributed by atoms with van der Waals surface area (Å²) in [5.41, 5.74) is 1.21. The Morgan fingerprint density at radius 1 is 1.06 bits per heavy atom. The summed E-state index contributed by atoms with van der Waals surface area (Å²) in [6.07, 6.45) is 2.01. The van der Waals surface area contributed by atoms with Crippen molar-refractivity contribution in [3.63, 3.8) is 0 Å². The highest BCUT2D eigenvalue weighted by atomic mass is 16.6. The van der Waals surface area contributed by atoms with Gasteiger partial charge in [0.1, 0.15) is 13.2 Å². The number of hydrogen-bond acceptors (Lipinski definition) is 4. The number of carbonyl (C=O) groups is 2. The van der Waals surface area contributed by atoms with Gasteiger partial charge in [-0.05, 0) is 18.4 Å². The molecular weight excluding hydrogens is 232 g/mol. The van der Waals surface area contributed by atoms with E-state index in [1.807, 2.05) is 30.3 Å². The number of ether oxygens (including phenoxy) is 2. The number of benzene rings is 1. The van der Waals surface area contributed by atoms with E-state index in [1.54, 1.807) is 0 Å². The molecule has 0 saturated carbocycles. The Morgan fingerprint density at radius 3 is 2.39 bits per heavy atom. The van der Waals surface area contributed by atoms with Crippen molar-refractivity contribution in [2.75, 3.05) is 13.2 Å². The van der Waals surface area contributed by atoms with Crippen LogP contribution in [0.5, 0.6) is 0 Å². The van der Waals surface area contributed by atoms with Gasteiger partial charge in [-0.25, -0.2) is 0 Å². The van der Waals surface area contributed by atoms with Crippen molar-refractivity contribution >= 4 is 11.9 Å². The number of aryl methyl sites for hydroxylation is 1. The standard InChI is InChI=1S/C14H18O4/c1-12(15)17-10-11-18-14(16)9-5-8-13-6-3-2-4-7-13/h2-4,6-7H,5,8-11H2,1H3. The number of esters is 2. The molecule has 0 aliphatic heterocycles. The van der Waals surface area contributed by atoms with Crippen molar-refractivity contribution in [1.82, 2.24) is 0 Å². The molecule has 0 spiro atoms. The van der Waals surface area contributed by atoms with Gasteiger partial charge in [0.2, 0.25) is 0 Å². The summed E-state index contributed by atoms with van der Waals surface area (Å²) < 4.78 is 9.56. The minimum absolute atomic E-state index is 0.125. The molecule has 0 saturated heterocycles. The van der Waals surface area contributed by atoms with E-state index < -0.39 is 0 Å². The summed E-state index contributed by atoms with van der Waals surface area (Å²) in [5.74, 6) is -0.617. The number of rotatable bonds is 7. The average molecular weight is 250 g/mol. The van der Waals surface area contributed by atoms with Crippen LogP contribution in [-0.4, -0.2) is 25.2 Å². The van der Waals surface area contributed by atoms with Crippen LogP contribution in [0.25, 0.3) is 0 Å². The highest BCUT2D eigenvalue weighted by Gasteiger charge is 2.03. The lowest BCUT2D eigenvalue weighted by atomic mass is 10.1. The molecule has 0 heterocycles. The van der Waals surface area contributed by atoms with Crippen molar-refractivity contribution in [2.45, 2.75) is 26.2 Å². The third-order valence-electron chi connectivity index (χ3n) is 2.34. The minimum Gasteiger partial charge on any atom is -0.462 e. The second-order valence-corrected chi connectivity index (χ2v) is 3.90. The highest BCUT2D eigenvalue weighted by molar-refractivity contribution is 5.69. The van der Waals surface area contributed by atoms with Crippen LogP contribution in [0.1, 0.15) is 25.3 Å². The Kier molecular flexibility index (Phi) is 6.54. The molecule has 0 aliphatic carbocycles. The van der Waals surface area contributed by atoms with Gasteiger partial charge in [-0.3, -0.25) is 9.59 Å². The molecule has 0 N–H and O–H groups in total. The van der Waals surface area contributed by atoms with Crippen LogP contribution in [-0.2, 0) is 25.5 Å². The Morgan fingerprint density at radius 2 is 1.72 bits per heavy atom. The van der Waals surface area contributed by atoms with Gasteiger partial charge in [-0.15, -0.1) is 0 Å². The highest BCUT2D eigenvalue weighted by Crippen LogP contribution is 2.05. The molecule has 0 bridgehead atoms. The van der Waals surface area contributed by atoms with Gasteiger partial charge in [0, 0.05) is 13.3 Å². The Hall–Kier alpha value is -1.84. The fraction of sp³-hybridized carbons (Fsp3) is 0.429. The first-order valence-electron chi connectivity index (χ1n) is 6.01. The zero-order chi connectivity index (χ0) is 13.2.